The molecule has 1 heterocycles. The first-order valence-corrected chi connectivity index (χ1v) is 10.7. The van der Waals surface area contributed by atoms with Gasteiger partial charge in [-0.3, -0.25) is 4.72 Å². The SMILES string of the molecule is CN(C)c1ccc(C2Oc3ccc(NS(=O)(=O)c4ccccc4)cc3O2)cc1Cl. The topological polar surface area (TPSA) is 67.9 Å². The molecule has 0 radical (unpaired) electrons. The zero-order valence-electron chi connectivity index (χ0n) is 15.8. The van der Waals surface area contributed by atoms with Gasteiger partial charge < -0.3 is 14.4 Å². The molecule has 0 aromatic heterocycles. The van der Waals surface area contributed by atoms with Crippen molar-refractivity contribution in [2.75, 3.05) is 23.7 Å². The molecule has 3 aromatic carbocycles. The first-order chi connectivity index (χ1) is 13.8. The molecule has 1 aliphatic heterocycles. The summed E-state index contributed by atoms with van der Waals surface area (Å²) in [6.07, 6.45) is -0.653. The molecule has 150 valence electrons. The summed E-state index contributed by atoms with van der Waals surface area (Å²) in [6.45, 7) is 0. The number of sulfonamides is 1. The summed E-state index contributed by atoms with van der Waals surface area (Å²) in [6, 6.07) is 18.7. The predicted octanol–water partition coefficient (Wildman–Crippen LogP) is 4.68. The van der Waals surface area contributed by atoms with Crippen LogP contribution in [0.15, 0.2) is 71.6 Å². The molecule has 0 spiro atoms. The maximum Gasteiger partial charge on any atom is 0.268 e. The molecule has 1 unspecified atom stereocenters. The van der Waals surface area contributed by atoms with Crippen LogP contribution in [0.5, 0.6) is 11.5 Å². The normalized spacial score (nSPS) is 15.2. The highest BCUT2D eigenvalue weighted by molar-refractivity contribution is 7.92. The molecule has 3 aromatic rings. The lowest BCUT2D eigenvalue weighted by Crippen LogP contribution is -2.12. The minimum atomic E-state index is -3.68. The smallest absolute Gasteiger partial charge is 0.268 e. The number of ether oxygens (including phenoxy) is 2. The highest BCUT2D eigenvalue weighted by atomic mass is 35.5. The van der Waals surface area contributed by atoms with Crippen molar-refractivity contribution in [2.24, 2.45) is 0 Å². The van der Waals surface area contributed by atoms with Gasteiger partial charge in [-0.2, -0.15) is 0 Å². The molecular formula is C21H19ClN2O4S. The number of benzene rings is 3. The number of anilines is 2. The average molecular weight is 431 g/mol. The highest BCUT2D eigenvalue weighted by Gasteiger charge is 2.27. The van der Waals surface area contributed by atoms with E-state index in [-0.39, 0.29) is 4.90 Å². The van der Waals surface area contributed by atoms with E-state index in [1.807, 2.05) is 31.1 Å². The lowest BCUT2D eigenvalue weighted by molar-refractivity contribution is 0.0487. The Morgan fingerprint density at radius 3 is 2.34 bits per heavy atom. The largest absolute Gasteiger partial charge is 0.447 e. The fourth-order valence-electron chi connectivity index (χ4n) is 3.00. The van der Waals surface area contributed by atoms with Gasteiger partial charge in [0.1, 0.15) is 0 Å². The number of nitrogens with zero attached hydrogens (tertiary/aromatic N) is 1. The van der Waals surface area contributed by atoms with E-state index in [2.05, 4.69) is 4.72 Å². The van der Waals surface area contributed by atoms with Gasteiger partial charge in [-0.25, -0.2) is 8.42 Å². The van der Waals surface area contributed by atoms with Crippen molar-refractivity contribution in [3.05, 3.63) is 77.3 Å². The molecule has 0 saturated carbocycles. The van der Waals surface area contributed by atoms with E-state index in [9.17, 15) is 8.42 Å². The first-order valence-electron chi connectivity index (χ1n) is 8.85. The molecule has 0 saturated heterocycles. The lowest BCUT2D eigenvalue weighted by Gasteiger charge is -2.17. The van der Waals surface area contributed by atoms with Crippen LogP contribution in [0.4, 0.5) is 11.4 Å². The lowest BCUT2D eigenvalue weighted by atomic mass is 10.2. The fourth-order valence-corrected chi connectivity index (χ4v) is 4.43. The van der Waals surface area contributed by atoms with Crippen molar-refractivity contribution in [3.63, 3.8) is 0 Å². The number of hydrogen-bond donors (Lipinski definition) is 1. The second-order valence-electron chi connectivity index (χ2n) is 6.75. The summed E-state index contributed by atoms with van der Waals surface area (Å²) >= 11 is 6.34. The van der Waals surface area contributed by atoms with Gasteiger partial charge in [0.2, 0.25) is 0 Å². The van der Waals surface area contributed by atoms with Gasteiger partial charge in [0.05, 0.1) is 21.3 Å². The van der Waals surface area contributed by atoms with Crippen molar-refractivity contribution < 1.29 is 17.9 Å². The van der Waals surface area contributed by atoms with E-state index in [0.717, 1.165) is 11.3 Å². The second-order valence-corrected chi connectivity index (χ2v) is 8.84. The predicted molar refractivity (Wildman–Crippen MR) is 113 cm³/mol. The van der Waals surface area contributed by atoms with Gasteiger partial charge in [0.25, 0.3) is 16.3 Å². The Morgan fingerprint density at radius 2 is 1.66 bits per heavy atom. The van der Waals surface area contributed by atoms with Crippen LogP contribution < -0.4 is 19.1 Å². The monoisotopic (exact) mass is 430 g/mol. The summed E-state index contributed by atoms with van der Waals surface area (Å²) in [7, 11) is 0.145. The van der Waals surface area contributed by atoms with E-state index in [1.165, 1.54) is 12.1 Å². The molecule has 0 bridgehead atoms. The minimum absolute atomic E-state index is 0.186. The standard InChI is InChI=1S/C21H19ClN2O4S/c1-24(2)18-10-8-14(12-17(18)22)21-27-19-11-9-15(13-20(19)28-21)23-29(25,26)16-6-4-3-5-7-16/h3-13,21,23H,1-2H3. The van der Waals surface area contributed by atoms with Crippen LogP contribution in [0.2, 0.25) is 5.02 Å². The summed E-state index contributed by atoms with van der Waals surface area (Å²) in [5.74, 6) is 0.988. The molecule has 0 aliphatic carbocycles. The van der Waals surface area contributed by atoms with Crippen LogP contribution in [0, 0.1) is 0 Å². The molecule has 4 rings (SSSR count). The molecular weight excluding hydrogens is 412 g/mol. The number of fused-ring (bicyclic) bond motifs is 1. The van der Waals surface area contributed by atoms with Gasteiger partial charge in [-0.15, -0.1) is 0 Å². The van der Waals surface area contributed by atoms with E-state index in [0.29, 0.717) is 22.2 Å². The fraction of sp³-hybridized carbons (Fsp3) is 0.143. The Bertz CT molecular complexity index is 1150. The third kappa shape index (κ3) is 3.97. The van der Waals surface area contributed by atoms with Crippen LogP contribution in [0.3, 0.4) is 0 Å². The summed E-state index contributed by atoms with van der Waals surface area (Å²) in [5.41, 5.74) is 2.05. The van der Waals surface area contributed by atoms with Crippen LogP contribution in [-0.2, 0) is 10.0 Å². The Kier molecular flexibility index (Phi) is 5.02. The zero-order chi connectivity index (χ0) is 20.6. The molecule has 1 atom stereocenters. The van der Waals surface area contributed by atoms with Crippen LogP contribution in [0.1, 0.15) is 11.9 Å². The Hall–Kier alpha value is -2.90. The van der Waals surface area contributed by atoms with E-state index in [1.54, 1.807) is 42.5 Å². The third-order valence-electron chi connectivity index (χ3n) is 4.44. The Labute approximate surface area is 174 Å². The van der Waals surface area contributed by atoms with Crippen molar-refractivity contribution >= 4 is 33.0 Å². The Balaban J connectivity index is 1.54. The van der Waals surface area contributed by atoms with Gasteiger partial charge in [-0.05, 0) is 42.5 Å². The maximum atomic E-state index is 12.5. The maximum absolute atomic E-state index is 12.5. The van der Waals surface area contributed by atoms with E-state index >= 15 is 0 Å². The summed E-state index contributed by atoms with van der Waals surface area (Å²) < 4.78 is 39.3. The number of rotatable bonds is 5. The minimum Gasteiger partial charge on any atom is -0.447 e. The van der Waals surface area contributed by atoms with Crippen molar-refractivity contribution in [1.29, 1.82) is 0 Å². The van der Waals surface area contributed by atoms with Crippen molar-refractivity contribution in [3.8, 4) is 11.5 Å². The molecule has 1 aliphatic rings. The molecule has 6 nitrogen and oxygen atoms in total. The third-order valence-corrected chi connectivity index (χ3v) is 6.14. The van der Waals surface area contributed by atoms with Gasteiger partial charge >= 0.3 is 0 Å². The molecule has 1 N–H and O–H groups in total. The number of halogens is 1. The summed E-state index contributed by atoms with van der Waals surface area (Å²) in [4.78, 5) is 2.11. The van der Waals surface area contributed by atoms with Crippen molar-refractivity contribution in [1.82, 2.24) is 0 Å². The number of hydrogen-bond acceptors (Lipinski definition) is 5. The van der Waals surface area contributed by atoms with Crippen LogP contribution >= 0.6 is 11.6 Å². The van der Waals surface area contributed by atoms with Gasteiger partial charge in [-0.1, -0.05) is 29.8 Å². The Morgan fingerprint density at radius 1 is 0.931 bits per heavy atom. The molecule has 29 heavy (non-hydrogen) atoms. The van der Waals surface area contributed by atoms with Gasteiger partial charge in [0.15, 0.2) is 11.5 Å². The van der Waals surface area contributed by atoms with Crippen LogP contribution in [-0.4, -0.2) is 22.5 Å². The molecule has 8 heteroatoms. The van der Waals surface area contributed by atoms with Crippen LogP contribution in [0.25, 0.3) is 0 Å². The van der Waals surface area contributed by atoms with Crippen molar-refractivity contribution in [2.45, 2.75) is 11.2 Å². The number of nitrogens with one attached hydrogen (secondary N) is 1. The molecule has 0 fully saturated rings. The zero-order valence-corrected chi connectivity index (χ0v) is 17.4. The summed E-state index contributed by atoms with van der Waals surface area (Å²) in [5, 5.41) is 0.590. The average Bonchev–Trinajstić information content (AvgIpc) is 3.11. The van der Waals surface area contributed by atoms with Gasteiger partial charge in [0, 0.05) is 25.7 Å². The quantitative estimate of drug-likeness (QED) is 0.636. The first kappa shape index (κ1) is 19.4. The van der Waals surface area contributed by atoms with E-state index in [4.69, 9.17) is 21.1 Å². The highest BCUT2D eigenvalue weighted by Crippen LogP contribution is 2.43. The molecule has 0 amide bonds. The second kappa shape index (κ2) is 7.50. The van der Waals surface area contributed by atoms with E-state index < -0.39 is 16.3 Å².